The van der Waals surface area contributed by atoms with Gasteiger partial charge in [0.25, 0.3) is 0 Å². The van der Waals surface area contributed by atoms with Gasteiger partial charge in [-0.15, -0.1) is 0 Å². The van der Waals surface area contributed by atoms with Crippen LogP contribution < -0.4 is 9.47 Å². The third-order valence-corrected chi connectivity index (χ3v) is 2.76. The highest BCUT2D eigenvalue weighted by Gasteiger charge is 2.07. The number of nitrogens with one attached hydrogen (secondary N) is 1. The molecule has 0 aliphatic heterocycles. The van der Waals surface area contributed by atoms with Gasteiger partial charge in [-0.3, -0.25) is 9.78 Å². The number of benzene rings is 1. The van der Waals surface area contributed by atoms with Crippen LogP contribution >= 0.6 is 12.2 Å². The standard InChI is InChI=1S/C11H13N3O2S/c1-14-11(17)12-10(13-14)7-4-8(15-2)6-9(5-7)16-3/h4-6H,1-3H3,(H,12,13,17). The molecule has 0 fully saturated rings. The maximum atomic E-state index is 5.20. The van der Waals surface area contributed by atoms with Crippen LogP contribution in [0.2, 0.25) is 0 Å². The Labute approximate surface area is 104 Å². The predicted molar refractivity (Wildman–Crippen MR) is 66.9 cm³/mol. The summed E-state index contributed by atoms with van der Waals surface area (Å²) in [7, 11) is 5.04. The zero-order valence-electron chi connectivity index (χ0n) is 9.85. The van der Waals surface area contributed by atoms with E-state index in [0.29, 0.717) is 22.1 Å². The summed E-state index contributed by atoms with van der Waals surface area (Å²) in [5, 5.41) is 3.05. The number of aromatic amines is 1. The van der Waals surface area contributed by atoms with Crippen molar-refractivity contribution in [2.24, 2.45) is 7.05 Å². The monoisotopic (exact) mass is 251 g/mol. The first-order chi connectivity index (χ1) is 8.13. The molecule has 0 spiro atoms. The van der Waals surface area contributed by atoms with Gasteiger partial charge in [0.15, 0.2) is 5.82 Å². The van der Waals surface area contributed by atoms with E-state index in [1.54, 1.807) is 25.0 Å². The predicted octanol–water partition coefficient (Wildman–Crippen LogP) is 2.16. The molecule has 90 valence electrons. The van der Waals surface area contributed by atoms with E-state index in [9.17, 15) is 0 Å². The summed E-state index contributed by atoms with van der Waals surface area (Å²) in [6.07, 6.45) is 0. The molecule has 0 saturated carbocycles. The van der Waals surface area contributed by atoms with E-state index in [0.717, 1.165) is 5.56 Å². The van der Waals surface area contributed by atoms with Crippen LogP contribution in [0.3, 0.4) is 0 Å². The van der Waals surface area contributed by atoms with Gasteiger partial charge in [0.05, 0.1) is 14.2 Å². The summed E-state index contributed by atoms with van der Waals surface area (Å²) >= 11 is 5.05. The third-order valence-electron chi connectivity index (χ3n) is 2.39. The van der Waals surface area contributed by atoms with Crippen LogP contribution in [-0.4, -0.2) is 29.0 Å². The number of nitrogens with zero attached hydrogens (tertiary/aromatic N) is 2. The molecule has 1 N–H and O–H groups in total. The first kappa shape index (κ1) is 11.7. The Morgan fingerprint density at radius 2 is 1.76 bits per heavy atom. The molecule has 2 aromatic rings. The molecule has 0 radical (unpaired) electrons. The van der Waals surface area contributed by atoms with Crippen LogP contribution in [0.25, 0.3) is 11.4 Å². The van der Waals surface area contributed by atoms with E-state index < -0.39 is 0 Å². The van der Waals surface area contributed by atoms with Crippen molar-refractivity contribution in [1.29, 1.82) is 0 Å². The van der Waals surface area contributed by atoms with Crippen molar-refractivity contribution in [3.8, 4) is 22.9 Å². The molecule has 1 aromatic heterocycles. The normalized spacial score (nSPS) is 10.3. The Kier molecular flexibility index (Phi) is 3.14. The average molecular weight is 251 g/mol. The molecule has 0 aliphatic carbocycles. The number of aromatic nitrogens is 3. The van der Waals surface area contributed by atoms with Gasteiger partial charge in [-0.1, -0.05) is 0 Å². The van der Waals surface area contributed by atoms with Gasteiger partial charge in [-0.05, 0) is 24.4 Å². The number of aryl methyl sites for hydroxylation is 1. The van der Waals surface area contributed by atoms with Crippen molar-refractivity contribution in [3.05, 3.63) is 23.0 Å². The molecule has 1 heterocycles. The van der Waals surface area contributed by atoms with Crippen LogP contribution in [0.1, 0.15) is 0 Å². The highest BCUT2D eigenvalue weighted by atomic mass is 32.1. The number of hydrogen-bond donors (Lipinski definition) is 1. The van der Waals surface area contributed by atoms with Crippen molar-refractivity contribution < 1.29 is 9.47 Å². The van der Waals surface area contributed by atoms with Gasteiger partial charge >= 0.3 is 0 Å². The fourth-order valence-electron chi connectivity index (χ4n) is 1.48. The molecule has 17 heavy (non-hydrogen) atoms. The van der Waals surface area contributed by atoms with Crippen molar-refractivity contribution in [2.75, 3.05) is 14.2 Å². The molecule has 0 bridgehead atoms. The zero-order chi connectivity index (χ0) is 12.4. The third kappa shape index (κ3) is 2.31. The Bertz CT molecular complexity index is 566. The fourth-order valence-corrected chi connectivity index (χ4v) is 1.61. The van der Waals surface area contributed by atoms with E-state index in [-0.39, 0.29) is 0 Å². The molecule has 0 amide bonds. The average Bonchev–Trinajstić information content (AvgIpc) is 2.69. The second kappa shape index (κ2) is 4.58. The number of rotatable bonds is 3. The maximum absolute atomic E-state index is 5.20. The van der Waals surface area contributed by atoms with Gasteiger partial charge in [0.2, 0.25) is 4.77 Å². The number of ether oxygens (including phenoxy) is 2. The van der Waals surface area contributed by atoms with Crippen LogP contribution in [0.4, 0.5) is 0 Å². The number of methoxy groups -OCH3 is 2. The van der Waals surface area contributed by atoms with Crippen LogP contribution in [-0.2, 0) is 7.05 Å². The van der Waals surface area contributed by atoms with Crippen molar-refractivity contribution in [1.82, 2.24) is 14.8 Å². The lowest BCUT2D eigenvalue weighted by Gasteiger charge is -2.06. The summed E-state index contributed by atoms with van der Waals surface area (Å²) in [4.78, 5) is 4.24. The van der Waals surface area contributed by atoms with E-state index >= 15 is 0 Å². The van der Waals surface area contributed by atoms with E-state index in [1.807, 2.05) is 19.2 Å². The van der Waals surface area contributed by atoms with Crippen LogP contribution in [0.5, 0.6) is 11.5 Å². The Morgan fingerprint density at radius 3 is 2.18 bits per heavy atom. The van der Waals surface area contributed by atoms with Crippen LogP contribution in [0, 0.1) is 4.77 Å². The zero-order valence-corrected chi connectivity index (χ0v) is 10.7. The molecule has 0 atom stereocenters. The summed E-state index contributed by atoms with van der Waals surface area (Å²) < 4.78 is 12.6. The smallest absolute Gasteiger partial charge is 0.216 e. The van der Waals surface area contributed by atoms with Crippen molar-refractivity contribution in [2.45, 2.75) is 0 Å². The molecule has 0 unspecified atom stereocenters. The molecule has 2 rings (SSSR count). The second-order valence-electron chi connectivity index (χ2n) is 3.52. The Balaban J connectivity index is 2.54. The van der Waals surface area contributed by atoms with Gasteiger partial charge in [0, 0.05) is 18.7 Å². The minimum absolute atomic E-state index is 0.502. The van der Waals surface area contributed by atoms with Gasteiger partial charge in [-0.2, -0.15) is 4.98 Å². The maximum Gasteiger partial charge on any atom is 0.216 e. The van der Waals surface area contributed by atoms with Gasteiger partial charge < -0.3 is 9.47 Å². The van der Waals surface area contributed by atoms with E-state index in [2.05, 4.69) is 10.1 Å². The molecule has 0 aliphatic rings. The summed E-state index contributed by atoms with van der Waals surface area (Å²) in [6, 6.07) is 5.55. The van der Waals surface area contributed by atoms with Gasteiger partial charge in [-0.25, -0.2) is 0 Å². The lowest BCUT2D eigenvalue weighted by atomic mass is 10.2. The molecular formula is C11H13N3O2S. The largest absolute Gasteiger partial charge is 0.497 e. The first-order valence-corrected chi connectivity index (χ1v) is 5.41. The van der Waals surface area contributed by atoms with E-state index in [4.69, 9.17) is 21.7 Å². The first-order valence-electron chi connectivity index (χ1n) is 5.00. The summed E-state index contributed by atoms with van der Waals surface area (Å²) in [5.41, 5.74) is 0.868. The quantitative estimate of drug-likeness (QED) is 0.849. The lowest BCUT2D eigenvalue weighted by Crippen LogP contribution is -1.91. The number of H-pyrrole nitrogens is 1. The molecule has 0 saturated heterocycles. The second-order valence-corrected chi connectivity index (χ2v) is 3.88. The minimum atomic E-state index is 0.502. The fraction of sp³-hybridized carbons (Fsp3) is 0.273. The highest BCUT2D eigenvalue weighted by molar-refractivity contribution is 7.71. The van der Waals surface area contributed by atoms with Crippen LogP contribution in [0.15, 0.2) is 18.2 Å². The van der Waals surface area contributed by atoms with Gasteiger partial charge in [0.1, 0.15) is 11.5 Å². The summed E-state index contributed by atoms with van der Waals surface area (Å²) in [5.74, 6) is 2.11. The van der Waals surface area contributed by atoms with Crippen molar-refractivity contribution in [3.63, 3.8) is 0 Å². The Morgan fingerprint density at radius 1 is 1.18 bits per heavy atom. The lowest BCUT2D eigenvalue weighted by molar-refractivity contribution is 0.394. The molecular weight excluding hydrogens is 238 g/mol. The molecule has 6 heteroatoms. The topological polar surface area (TPSA) is 52.1 Å². The minimum Gasteiger partial charge on any atom is -0.497 e. The number of hydrogen-bond acceptors (Lipinski definition) is 4. The highest BCUT2D eigenvalue weighted by Crippen LogP contribution is 2.27. The van der Waals surface area contributed by atoms with E-state index in [1.165, 1.54) is 0 Å². The SMILES string of the molecule is COc1cc(OC)cc(-c2nc(=S)n(C)[nH]2)c1. The summed E-state index contributed by atoms with van der Waals surface area (Å²) in [6.45, 7) is 0. The molecule has 1 aromatic carbocycles. The van der Waals surface area contributed by atoms with Crippen molar-refractivity contribution >= 4 is 12.2 Å². The Hall–Kier alpha value is -1.82. The molecule has 5 nitrogen and oxygen atoms in total.